The quantitative estimate of drug-likeness (QED) is 0.742. The molecular formula is C18H19ClN6O2. The van der Waals surface area contributed by atoms with Crippen LogP contribution < -0.4 is 15.0 Å². The molecule has 9 heteroatoms. The van der Waals surface area contributed by atoms with Gasteiger partial charge in [0.1, 0.15) is 17.9 Å². The highest BCUT2D eigenvalue weighted by atomic mass is 35.5. The molecule has 27 heavy (non-hydrogen) atoms. The third-order valence-electron chi connectivity index (χ3n) is 4.76. The number of nitrogens with one attached hydrogen (secondary N) is 1. The number of anilines is 2. The molecule has 0 radical (unpaired) electrons. The number of carbonyl (C=O) groups excluding carboxylic acids is 1. The Labute approximate surface area is 161 Å². The van der Waals surface area contributed by atoms with Gasteiger partial charge < -0.3 is 15.0 Å². The molecule has 0 saturated carbocycles. The van der Waals surface area contributed by atoms with Crippen molar-refractivity contribution in [2.24, 2.45) is 5.92 Å². The number of hydrogen-bond donors (Lipinski definition) is 1. The summed E-state index contributed by atoms with van der Waals surface area (Å²) in [5.41, 5.74) is 1.31. The van der Waals surface area contributed by atoms with E-state index in [-0.39, 0.29) is 11.8 Å². The number of benzene rings is 1. The van der Waals surface area contributed by atoms with E-state index in [4.69, 9.17) is 16.3 Å². The van der Waals surface area contributed by atoms with E-state index in [1.807, 2.05) is 12.1 Å². The highest BCUT2D eigenvalue weighted by molar-refractivity contribution is 6.31. The predicted molar refractivity (Wildman–Crippen MR) is 102 cm³/mol. The van der Waals surface area contributed by atoms with Crippen LogP contribution in [0.2, 0.25) is 5.02 Å². The van der Waals surface area contributed by atoms with Gasteiger partial charge in [-0.1, -0.05) is 11.6 Å². The minimum Gasteiger partial charge on any atom is -0.495 e. The van der Waals surface area contributed by atoms with Crippen molar-refractivity contribution < 1.29 is 9.53 Å². The first-order chi connectivity index (χ1) is 13.1. The Bertz CT molecular complexity index is 967. The maximum atomic E-state index is 12.7. The van der Waals surface area contributed by atoms with E-state index in [0.717, 1.165) is 31.7 Å². The number of ether oxygens (including phenoxy) is 1. The lowest BCUT2D eigenvalue weighted by molar-refractivity contribution is -0.120. The van der Waals surface area contributed by atoms with Crippen molar-refractivity contribution in [1.82, 2.24) is 19.8 Å². The molecule has 4 rings (SSSR count). The van der Waals surface area contributed by atoms with Gasteiger partial charge >= 0.3 is 0 Å². The second-order valence-electron chi connectivity index (χ2n) is 6.42. The fraction of sp³-hybridized carbons (Fsp3) is 0.333. The zero-order chi connectivity index (χ0) is 18.8. The number of carbonyl (C=O) groups is 1. The van der Waals surface area contributed by atoms with E-state index in [0.29, 0.717) is 22.1 Å². The van der Waals surface area contributed by atoms with Crippen molar-refractivity contribution in [2.45, 2.75) is 12.8 Å². The first-order valence-corrected chi connectivity index (χ1v) is 9.08. The highest BCUT2D eigenvalue weighted by Crippen LogP contribution is 2.29. The Morgan fingerprint density at radius 1 is 1.26 bits per heavy atom. The second-order valence-corrected chi connectivity index (χ2v) is 6.86. The van der Waals surface area contributed by atoms with Crippen LogP contribution in [0.4, 0.5) is 11.5 Å². The van der Waals surface area contributed by atoms with Gasteiger partial charge in [0.05, 0.1) is 12.8 Å². The van der Waals surface area contributed by atoms with E-state index in [1.165, 1.54) is 0 Å². The zero-order valence-corrected chi connectivity index (χ0v) is 15.6. The van der Waals surface area contributed by atoms with Gasteiger partial charge in [-0.05, 0) is 43.2 Å². The summed E-state index contributed by atoms with van der Waals surface area (Å²) in [6.45, 7) is 1.51. The first kappa shape index (κ1) is 17.5. The summed E-state index contributed by atoms with van der Waals surface area (Å²) < 4.78 is 6.94. The summed E-state index contributed by atoms with van der Waals surface area (Å²) >= 11 is 6.03. The van der Waals surface area contributed by atoms with Gasteiger partial charge in [-0.2, -0.15) is 4.52 Å². The van der Waals surface area contributed by atoms with Gasteiger partial charge in [0.2, 0.25) is 5.91 Å². The predicted octanol–water partition coefficient (Wildman–Crippen LogP) is 2.64. The number of halogens is 1. The molecular weight excluding hydrogens is 368 g/mol. The van der Waals surface area contributed by atoms with Crippen molar-refractivity contribution in [3.8, 4) is 5.75 Å². The lowest BCUT2D eigenvalue weighted by atomic mass is 9.95. The van der Waals surface area contributed by atoms with Crippen LogP contribution in [0, 0.1) is 5.92 Å². The van der Waals surface area contributed by atoms with Crippen LogP contribution in [-0.4, -0.2) is 45.9 Å². The number of aromatic nitrogens is 4. The average molecular weight is 387 g/mol. The summed E-state index contributed by atoms with van der Waals surface area (Å²) in [5.74, 6) is 1.37. The molecule has 1 fully saturated rings. The number of rotatable bonds is 4. The van der Waals surface area contributed by atoms with Gasteiger partial charge in [0.15, 0.2) is 5.65 Å². The van der Waals surface area contributed by atoms with Gasteiger partial charge in [-0.15, -0.1) is 15.3 Å². The summed E-state index contributed by atoms with van der Waals surface area (Å²) in [7, 11) is 1.57. The number of fused-ring (bicyclic) bond motifs is 1. The maximum absolute atomic E-state index is 12.7. The fourth-order valence-electron chi connectivity index (χ4n) is 3.27. The van der Waals surface area contributed by atoms with Crippen LogP contribution >= 0.6 is 11.6 Å². The summed E-state index contributed by atoms with van der Waals surface area (Å²) in [6, 6.07) is 8.99. The van der Waals surface area contributed by atoms with Gasteiger partial charge in [0.25, 0.3) is 0 Å². The van der Waals surface area contributed by atoms with Crippen LogP contribution in [0.1, 0.15) is 12.8 Å². The normalized spacial score (nSPS) is 15.1. The van der Waals surface area contributed by atoms with Gasteiger partial charge in [-0.3, -0.25) is 4.79 Å². The Balaban J connectivity index is 1.40. The van der Waals surface area contributed by atoms with E-state index < -0.39 is 0 Å². The standard InChI is InChI=1S/C18H19ClN6O2/c1-27-15-3-2-13(19)10-14(15)21-18(26)12-6-8-24(9-7-12)17-5-4-16-22-20-11-25(16)23-17/h2-5,10-12H,6-9H2,1H3,(H,21,26). The third kappa shape index (κ3) is 3.66. The van der Waals surface area contributed by atoms with E-state index >= 15 is 0 Å². The van der Waals surface area contributed by atoms with Crippen LogP contribution in [0.15, 0.2) is 36.7 Å². The van der Waals surface area contributed by atoms with Crippen LogP contribution in [-0.2, 0) is 4.79 Å². The minimum atomic E-state index is -0.0661. The highest BCUT2D eigenvalue weighted by Gasteiger charge is 2.26. The van der Waals surface area contributed by atoms with Gasteiger partial charge in [-0.25, -0.2) is 0 Å². The molecule has 0 unspecified atom stereocenters. The van der Waals surface area contributed by atoms with Crippen molar-refractivity contribution in [1.29, 1.82) is 0 Å². The molecule has 0 spiro atoms. The SMILES string of the molecule is COc1ccc(Cl)cc1NC(=O)C1CCN(c2ccc3nncn3n2)CC1. The number of nitrogens with zero attached hydrogens (tertiary/aromatic N) is 5. The topological polar surface area (TPSA) is 84.6 Å². The maximum Gasteiger partial charge on any atom is 0.227 e. The Kier molecular flexibility index (Phi) is 4.81. The number of hydrogen-bond acceptors (Lipinski definition) is 6. The molecule has 1 aromatic carbocycles. The fourth-order valence-corrected chi connectivity index (χ4v) is 3.44. The van der Waals surface area contributed by atoms with Crippen LogP contribution in [0.3, 0.4) is 0 Å². The summed E-state index contributed by atoms with van der Waals surface area (Å²) in [5, 5.41) is 15.8. The van der Waals surface area contributed by atoms with E-state index in [1.54, 1.807) is 36.2 Å². The Morgan fingerprint density at radius 2 is 2.07 bits per heavy atom. The van der Waals surface area contributed by atoms with Crippen molar-refractivity contribution in [2.75, 3.05) is 30.4 Å². The molecule has 0 bridgehead atoms. The molecule has 1 aliphatic heterocycles. The molecule has 3 heterocycles. The molecule has 2 aromatic heterocycles. The smallest absolute Gasteiger partial charge is 0.227 e. The van der Waals surface area contributed by atoms with E-state index in [9.17, 15) is 4.79 Å². The molecule has 3 aromatic rings. The lowest BCUT2D eigenvalue weighted by Crippen LogP contribution is -2.38. The summed E-state index contributed by atoms with van der Waals surface area (Å²) in [4.78, 5) is 14.8. The molecule has 1 amide bonds. The Morgan fingerprint density at radius 3 is 2.85 bits per heavy atom. The monoisotopic (exact) mass is 386 g/mol. The molecule has 1 aliphatic rings. The van der Waals surface area contributed by atoms with Crippen LogP contribution in [0.5, 0.6) is 5.75 Å². The lowest BCUT2D eigenvalue weighted by Gasteiger charge is -2.32. The molecule has 8 nitrogen and oxygen atoms in total. The Hall–Kier alpha value is -2.87. The number of amides is 1. The minimum absolute atomic E-state index is 0.0163. The number of methoxy groups -OCH3 is 1. The van der Waals surface area contributed by atoms with Gasteiger partial charge in [0, 0.05) is 24.0 Å². The second kappa shape index (κ2) is 7.40. The zero-order valence-electron chi connectivity index (χ0n) is 14.8. The molecule has 1 saturated heterocycles. The molecule has 0 aliphatic carbocycles. The van der Waals surface area contributed by atoms with Crippen molar-refractivity contribution in [3.05, 3.63) is 41.7 Å². The van der Waals surface area contributed by atoms with Crippen molar-refractivity contribution >= 4 is 34.7 Å². The number of piperidine rings is 1. The average Bonchev–Trinajstić information content (AvgIpc) is 3.16. The van der Waals surface area contributed by atoms with E-state index in [2.05, 4.69) is 25.5 Å². The largest absolute Gasteiger partial charge is 0.495 e. The first-order valence-electron chi connectivity index (χ1n) is 8.70. The molecule has 1 N–H and O–H groups in total. The molecule has 140 valence electrons. The third-order valence-corrected chi connectivity index (χ3v) is 4.99. The van der Waals surface area contributed by atoms with Crippen LogP contribution in [0.25, 0.3) is 5.65 Å². The molecule has 0 atom stereocenters. The van der Waals surface area contributed by atoms with Crippen molar-refractivity contribution in [3.63, 3.8) is 0 Å². The summed E-state index contributed by atoms with van der Waals surface area (Å²) in [6.07, 6.45) is 3.07.